The van der Waals surface area contributed by atoms with E-state index in [1.165, 1.54) is 9.78 Å². The second-order valence-electron chi connectivity index (χ2n) is 6.83. The quantitative estimate of drug-likeness (QED) is 0.420. The van der Waals surface area contributed by atoms with Gasteiger partial charge in [-0.2, -0.15) is 0 Å². The lowest BCUT2D eigenvalue weighted by atomic mass is 9.86. The first-order chi connectivity index (χ1) is 13.0. The van der Waals surface area contributed by atoms with Gasteiger partial charge in [-0.3, -0.25) is 9.59 Å². The first kappa shape index (κ1) is 21.2. The van der Waals surface area contributed by atoms with Gasteiger partial charge in [0.2, 0.25) is 5.91 Å². The van der Waals surface area contributed by atoms with Crippen LogP contribution in [-0.2, 0) is 20.9 Å². The Morgan fingerprint density at radius 2 is 2.04 bits per heavy atom. The molecule has 1 amide bonds. The molecule has 1 fully saturated rings. The molecule has 1 aromatic rings. The van der Waals surface area contributed by atoms with Crippen molar-refractivity contribution in [2.75, 3.05) is 27.2 Å². The zero-order valence-corrected chi connectivity index (χ0v) is 17.2. The Morgan fingerprint density at radius 1 is 1.30 bits per heavy atom. The summed E-state index contributed by atoms with van der Waals surface area (Å²) >= 11 is 1.68. The Labute approximate surface area is 165 Å². The molecule has 2 N–H and O–H groups in total. The van der Waals surface area contributed by atoms with Crippen LogP contribution in [0.3, 0.4) is 0 Å². The van der Waals surface area contributed by atoms with Crippen molar-refractivity contribution in [1.29, 1.82) is 0 Å². The SMILES string of the molecule is CCOC(=O)C1CCC(NC(=NCC(=O)N(C)C)NCc2cccs2)CC1. The molecule has 2 rings (SSSR count). The summed E-state index contributed by atoms with van der Waals surface area (Å²) in [6.07, 6.45) is 3.38. The van der Waals surface area contributed by atoms with Crippen molar-refractivity contribution in [3.63, 3.8) is 0 Å². The summed E-state index contributed by atoms with van der Waals surface area (Å²) < 4.78 is 5.13. The molecule has 27 heavy (non-hydrogen) atoms. The average Bonchev–Trinajstić information content (AvgIpc) is 3.18. The number of carbonyl (C=O) groups is 2. The number of aliphatic imine (C=N–C) groups is 1. The van der Waals surface area contributed by atoms with Crippen LogP contribution in [0.15, 0.2) is 22.5 Å². The molecule has 0 spiro atoms. The molecule has 0 bridgehead atoms. The summed E-state index contributed by atoms with van der Waals surface area (Å²) in [5.74, 6) is 0.506. The van der Waals surface area contributed by atoms with Gasteiger partial charge in [-0.1, -0.05) is 6.07 Å². The number of carbonyl (C=O) groups excluding carboxylic acids is 2. The summed E-state index contributed by atoms with van der Waals surface area (Å²) in [7, 11) is 3.45. The van der Waals surface area contributed by atoms with E-state index in [1.807, 2.05) is 18.4 Å². The summed E-state index contributed by atoms with van der Waals surface area (Å²) in [4.78, 5) is 30.9. The number of likely N-dealkylation sites (N-methyl/N-ethyl adjacent to an activating group) is 1. The predicted molar refractivity (Wildman–Crippen MR) is 108 cm³/mol. The third-order valence-corrected chi connectivity index (χ3v) is 5.45. The number of hydrogen-bond acceptors (Lipinski definition) is 5. The van der Waals surface area contributed by atoms with E-state index in [0.717, 1.165) is 25.7 Å². The average molecular weight is 395 g/mol. The Hall–Kier alpha value is -2.09. The highest BCUT2D eigenvalue weighted by molar-refractivity contribution is 7.09. The number of rotatable bonds is 7. The van der Waals surface area contributed by atoms with Crippen molar-refractivity contribution in [3.05, 3.63) is 22.4 Å². The van der Waals surface area contributed by atoms with Gasteiger partial charge >= 0.3 is 5.97 Å². The predicted octanol–water partition coefficient (Wildman–Crippen LogP) is 1.99. The van der Waals surface area contributed by atoms with Crippen molar-refractivity contribution >= 4 is 29.2 Å². The van der Waals surface area contributed by atoms with Crippen molar-refractivity contribution in [3.8, 4) is 0 Å². The number of amides is 1. The molecule has 8 heteroatoms. The normalized spacial score (nSPS) is 20.0. The third kappa shape index (κ3) is 7.21. The fourth-order valence-corrected chi connectivity index (χ4v) is 3.60. The molecular formula is C19H30N4O3S. The maximum absolute atomic E-state index is 11.9. The van der Waals surface area contributed by atoms with Gasteiger partial charge < -0.3 is 20.3 Å². The van der Waals surface area contributed by atoms with E-state index in [0.29, 0.717) is 19.1 Å². The van der Waals surface area contributed by atoms with Gasteiger partial charge in [-0.15, -0.1) is 11.3 Å². The number of thiophene rings is 1. The van der Waals surface area contributed by atoms with E-state index in [9.17, 15) is 9.59 Å². The minimum absolute atomic E-state index is 0.00205. The van der Waals surface area contributed by atoms with Gasteiger partial charge in [0, 0.05) is 25.0 Å². The third-order valence-electron chi connectivity index (χ3n) is 4.57. The molecule has 1 aliphatic carbocycles. The fraction of sp³-hybridized carbons (Fsp3) is 0.632. The molecule has 1 heterocycles. The molecular weight excluding hydrogens is 364 g/mol. The monoisotopic (exact) mass is 394 g/mol. The highest BCUT2D eigenvalue weighted by Gasteiger charge is 2.27. The number of ether oxygens (including phenoxy) is 1. The largest absolute Gasteiger partial charge is 0.466 e. The smallest absolute Gasteiger partial charge is 0.308 e. The lowest BCUT2D eigenvalue weighted by Gasteiger charge is -2.29. The van der Waals surface area contributed by atoms with Crippen molar-refractivity contribution < 1.29 is 14.3 Å². The van der Waals surface area contributed by atoms with E-state index in [-0.39, 0.29) is 30.4 Å². The van der Waals surface area contributed by atoms with Crippen molar-refractivity contribution in [2.45, 2.75) is 45.2 Å². The molecule has 0 unspecified atom stereocenters. The molecule has 0 saturated heterocycles. The van der Waals surface area contributed by atoms with E-state index in [2.05, 4.69) is 21.7 Å². The first-order valence-corrected chi connectivity index (χ1v) is 10.3. The van der Waals surface area contributed by atoms with Crippen LogP contribution in [0.4, 0.5) is 0 Å². The molecule has 1 aliphatic rings. The number of esters is 1. The molecule has 7 nitrogen and oxygen atoms in total. The molecule has 0 aliphatic heterocycles. The lowest BCUT2D eigenvalue weighted by Crippen LogP contribution is -2.45. The van der Waals surface area contributed by atoms with Crippen molar-refractivity contribution in [1.82, 2.24) is 15.5 Å². The van der Waals surface area contributed by atoms with Gasteiger partial charge in [0.1, 0.15) is 6.54 Å². The highest BCUT2D eigenvalue weighted by Crippen LogP contribution is 2.25. The van der Waals surface area contributed by atoms with E-state index in [4.69, 9.17) is 4.74 Å². The second kappa shape index (κ2) is 10.9. The minimum Gasteiger partial charge on any atom is -0.466 e. The minimum atomic E-state index is -0.0859. The Morgan fingerprint density at radius 3 is 2.63 bits per heavy atom. The Kier molecular flexibility index (Phi) is 8.57. The second-order valence-corrected chi connectivity index (χ2v) is 7.86. The molecule has 0 radical (unpaired) electrons. The summed E-state index contributed by atoms with van der Waals surface area (Å²) in [6.45, 7) is 3.03. The van der Waals surface area contributed by atoms with Gasteiger partial charge in [0.05, 0.1) is 19.1 Å². The molecule has 0 atom stereocenters. The maximum atomic E-state index is 11.9. The van der Waals surface area contributed by atoms with Gasteiger partial charge in [-0.25, -0.2) is 4.99 Å². The first-order valence-electron chi connectivity index (χ1n) is 9.43. The van der Waals surface area contributed by atoms with Gasteiger partial charge in [-0.05, 0) is 44.1 Å². The van der Waals surface area contributed by atoms with E-state index < -0.39 is 0 Å². The number of nitrogens with zero attached hydrogens (tertiary/aromatic N) is 2. The van der Waals surface area contributed by atoms with Crippen LogP contribution in [0.5, 0.6) is 0 Å². The van der Waals surface area contributed by atoms with E-state index in [1.54, 1.807) is 25.4 Å². The van der Waals surface area contributed by atoms with Gasteiger partial charge in [0.25, 0.3) is 0 Å². The molecule has 1 aromatic heterocycles. The maximum Gasteiger partial charge on any atom is 0.308 e. The topological polar surface area (TPSA) is 83.0 Å². The number of nitrogens with one attached hydrogen (secondary N) is 2. The number of hydrogen-bond donors (Lipinski definition) is 2. The van der Waals surface area contributed by atoms with Crippen LogP contribution in [0.2, 0.25) is 0 Å². The van der Waals surface area contributed by atoms with Crippen LogP contribution in [0.1, 0.15) is 37.5 Å². The van der Waals surface area contributed by atoms with Crippen LogP contribution in [-0.4, -0.2) is 56.0 Å². The highest BCUT2D eigenvalue weighted by atomic mass is 32.1. The summed E-state index contributed by atoms with van der Waals surface area (Å²) in [6, 6.07) is 4.31. The number of guanidine groups is 1. The summed E-state index contributed by atoms with van der Waals surface area (Å²) in [5.41, 5.74) is 0. The molecule has 1 saturated carbocycles. The van der Waals surface area contributed by atoms with Crippen molar-refractivity contribution in [2.24, 2.45) is 10.9 Å². The zero-order valence-electron chi connectivity index (χ0n) is 16.4. The Bertz CT molecular complexity index is 623. The van der Waals surface area contributed by atoms with Gasteiger partial charge in [0.15, 0.2) is 5.96 Å². The van der Waals surface area contributed by atoms with E-state index >= 15 is 0 Å². The summed E-state index contributed by atoms with van der Waals surface area (Å²) in [5, 5.41) is 8.76. The molecule has 0 aromatic carbocycles. The molecule has 150 valence electrons. The lowest BCUT2D eigenvalue weighted by molar-refractivity contribution is -0.149. The van der Waals surface area contributed by atoms with Crippen LogP contribution < -0.4 is 10.6 Å². The van der Waals surface area contributed by atoms with Crippen LogP contribution in [0.25, 0.3) is 0 Å². The Balaban J connectivity index is 1.90. The van der Waals surface area contributed by atoms with Crippen LogP contribution >= 0.6 is 11.3 Å². The van der Waals surface area contributed by atoms with Crippen LogP contribution in [0, 0.1) is 5.92 Å². The standard InChI is InChI=1S/C19H30N4O3S/c1-4-26-18(25)14-7-9-15(10-8-14)22-19(21-13-17(24)23(2)3)20-12-16-6-5-11-27-16/h5-6,11,14-15H,4,7-10,12-13H2,1-3H3,(H2,20,21,22). The fourth-order valence-electron chi connectivity index (χ4n) is 2.95. The zero-order chi connectivity index (χ0) is 19.6.